The first-order chi connectivity index (χ1) is 11.6. The van der Waals surface area contributed by atoms with Crippen molar-refractivity contribution in [3.05, 3.63) is 24.3 Å². The maximum Gasteiger partial charge on any atom is 0.409 e. The Hall–Kier alpha value is -1.88. The Bertz CT molecular complexity index is 662. The molecule has 9 nitrogen and oxygen atoms in total. The summed E-state index contributed by atoms with van der Waals surface area (Å²) in [7, 11) is -2.63. The van der Waals surface area contributed by atoms with Crippen LogP contribution in [0.5, 0.6) is 5.75 Å². The second-order valence-corrected chi connectivity index (χ2v) is 7.24. The van der Waals surface area contributed by atoms with Gasteiger partial charge in [-0.25, -0.2) is 13.2 Å². The predicted molar refractivity (Wildman–Crippen MR) is 91.5 cm³/mol. The van der Waals surface area contributed by atoms with Gasteiger partial charge in [0, 0.05) is 0 Å². The summed E-state index contributed by atoms with van der Waals surface area (Å²) in [5, 5.41) is 19.3. The molecule has 0 saturated heterocycles. The Kier molecular flexibility index (Phi) is 7.61. The second-order valence-electron chi connectivity index (χ2n) is 5.53. The van der Waals surface area contributed by atoms with Gasteiger partial charge in [-0.1, -0.05) is 13.3 Å². The highest BCUT2D eigenvalue weighted by Crippen LogP contribution is 2.18. The van der Waals surface area contributed by atoms with Crippen LogP contribution in [0.15, 0.2) is 29.2 Å². The van der Waals surface area contributed by atoms with E-state index < -0.39 is 34.6 Å². The number of benzene rings is 1. The van der Waals surface area contributed by atoms with Gasteiger partial charge >= 0.3 is 6.09 Å². The average Bonchev–Trinajstić information content (AvgIpc) is 2.54. The molecule has 142 valence electrons. The second kappa shape index (κ2) is 8.99. The Morgan fingerprint density at radius 3 is 2.32 bits per heavy atom. The van der Waals surface area contributed by atoms with E-state index in [1.807, 2.05) is 6.92 Å². The Morgan fingerprint density at radius 1 is 1.36 bits per heavy atom. The number of sulfonamides is 1. The summed E-state index contributed by atoms with van der Waals surface area (Å²) in [5.41, 5.74) is 5.85. The van der Waals surface area contributed by atoms with E-state index in [-0.39, 0.29) is 4.90 Å². The number of carbonyl (C=O) groups is 1. The van der Waals surface area contributed by atoms with E-state index in [1.165, 1.54) is 38.3 Å². The molecule has 1 aromatic carbocycles. The molecule has 0 fully saturated rings. The van der Waals surface area contributed by atoms with E-state index in [2.05, 4.69) is 4.72 Å². The molecule has 0 spiro atoms. The van der Waals surface area contributed by atoms with Crippen LogP contribution < -0.4 is 15.2 Å². The smallest absolute Gasteiger partial charge is 0.409 e. The summed E-state index contributed by atoms with van der Waals surface area (Å²) in [6.45, 7) is 3.11. The molecule has 0 aliphatic carbocycles. The van der Waals surface area contributed by atoms with Gasteiger partial charge in [0.15, 0.2) is 0 Å². The van der Waals surface area contributed by atoms with Crippen molar-refractivity contribution in [2.45, 2.75) is 50.0 Å². The van der Waals surface area contributed by atoms with Gasteiger partial charge in [-0.2, -0.15) is 4.72 Å². The highest BCUT2D eigenvalue weighted by molar-refractivity contribution is 7.89. The fourth-order valence-electron chi connectivity index (χ4n) is 2.27. The SMILES string of the molecule is CCCC(N)N(C(=O)O)C(NS(=O)(=O)c1ccc(OC)cc1)C(C)O. The summed E-state index contributed by atoms with van der Waals surface area (Å²) in [4.78, 5) is 12.2. The lowest BCUT2D eigenvalue weighted by atomic mass is 10.2. The third-order valence-electron chi connectivity index (χ3n) is 3.56. The van der Waals surface area contributed by atoms with Gasteiger partial charge in [0.25, 0.3) is 0 Å². The molecule has 0 aliphatic heterocycles. The van der Waals surface area contributed by atoms with Crippen molar-refractivity contribution in [2.24, 2.45) is 5.73 Å². The van der Waals surface area contributed by atoms with Gasteiger partial charge in [0.05, 0.1) is 24.3 Å². The lowest BCUT2D eigenvalue weighted by molar-refractivity contribution is 0.0296. The normalized spacial score (nSPS) is 15.2. The number of aliphatic hydroxyl groups is 1. The molecule has 0 heterocycles. The first-order valence-corrected chi connectivity index (χ1v) is 9.23. The van der Waals surface area contributed by atoms with Crippen LogP contribution in [-0.2, 0) is 10.0 Å². The third-order valence-corrected chi connectivity index (χ3v) is 5.01. The molecule has 3 unspecified atom stereocenters. The number of nitrogens with zero attached hydrogens (tertiary/aromatic N) is 1. The summed E-state index contributed by atoms with van der Waals surface area (Å²) in [5.74, 6) is 0.475. The van der Waals surface area contributed by atoms with E-state index in [0.29, 0.717) is 18.6 Å². The lowest BCUT2D eigenvalue weighted by Crippen LogP contribution is -2.61. The summed E-state index contributed by atoms with van der Waals surface area (Å²) >= 11 is 0. The van der Waals surface area contributed by atoms with Crippen molar-refractivity contribution < 1.29 is 28.2 Å². The van der Waals surface area contributed by atoms with Crippen LogP contribution in [0.1, 0.15) is 26.7 Å². The highest BCUT2D eigenvalue weighted by atomic mass is 32.2. The van der Waals surface area contributed by atoms with E-state index in [4.69, 9.17) is 10.5 Å². The Balaban J connectivity index is 3.14. The number of aliphatic hydroxyl groups excluding tert-OH is 1. The highest BCUT2D eigenvalue weighted by Gasteiger charge is 2.35. The van der Waals surface area contributed by atoms with Crippen molar-refractivity contribution in [2.75, 3.05) is 7.11 Å². The number of methoxy groups -OCH3 is 1. The summed E-state index contributed by atoms with van der Waals surface area (Å²) in [6, 6.07) is 5.56. The number of amides is 1. The van der Waals surface area contributed by atoms with Crippen LogP contribution in [-0.4, -0.2) is 55.2 Å². The largest absolute Gasteiger partial charge is 0.497 e. The van der Waals surface area contributed by atoms with E-state index in [9.17, 15) is 23.4 Å². The van der Waals surface area contributed by atoms with Crippen molar-refractivity contribution in [3.63, 3.8) is 0 Å². The number of nitrogens with two attached hydrogens (primary N) is 1. The molecule has 3 atom stereocenters. The minimum Gasteiger partial charge on any atom is -0.497 e. The van der Waals surface area contributed by atoms with Crippen molar-refractivity contribution in [1.29, 1.82) is 0 Å². The van der Waals surface area contributed by atoms with Crippen LogP contribution in [0.25, 0.3) is 0 Å². The quantitative estimate of drug-likeness (QED) is 0.466. The van der Waals surface area contributed by atoms with E-state index in [0.717, 1.165) is 4.90 Å². The number of hydrogen-bond acceptors (Lipinski definition) is 6. The maximum absolute atomic E-state index is 12.5. The van der Waals surface area contributed by atoms with Crippen LogP contribution >= 0.6 is 0 Å². The first kappa shape index (κ1) is 21.2. The van der Waals surface area contributed by atoms with E-state index in [1.54, 1.807) is 0 Å². The maximum atomic E-state index is 12.5. The Morgan fingerprint density at radius 2 is 1.92 bits per heavy atom. The number of carboxylic acid groups (broad SMARTS) is 1. The monoisotopic (exact) mass is 375 g/mol. The lowest BCUT2D eigenvalue weighted by Gasteiger charge is -2.35. The summed E-state index contributed by atoms with van der Waals surface area (Å²) in [6.07, 6.45) is -4.20. The zero-order valence-electron chi connectivity index (χ0n) is 14.4. The molecule has 1 amide bonds. The molecule has 25 heavy (non-hydrogen) atoms. The number of nitrogens with one attached hydrogen (secondary N) is 1. The fraction of sp³-hybridized carbons (Fsp3) is 0.533. The zero-order chi connectivity index (χ0) is 19.2. The Labute approximate surface area is 147 Å². The predicted octanol–water partition coefficient (Wildman–Crippen LogP) is 0.745. The minimum atomic E-state index is -4.08. The fourth-order valence-corrected chi connectivity index (χ4v) is 3.53. The van der Waals surface area contributed by atoms with Crippen molar-refractivity contribution >= 4 is 16.1 Å². The topological polar surface area (TPSA) is 142 Å². The van der Waals surface area contributed by atoms with Crippen molar-refractivity contribution in [1.82, 2.24) is 9.62 Å². The van der Waals surface area contributed by atoms with Crippen LogP contribution in [0, 0.1) is 0 Å². The van der Waals surface area contributed by atoms with Crippen molar-refractivity contribution in [3.8, 4) is 5.75 Å². The van der Waals surface area contributed by atoms with Gasteiger partial charge in [-0.3, -0.25) is 4.90 Å². The number of hydrogen-bond donors (Lipinski definition) is 4. The van der Waals surface area contributed by atoms with E-state index >= 15 is 0 Å². The molecule has 1 rings (SSSR count). The molecule has 0 saturated carbocycles. The standard InChI is InChI=1S/C15H25N3O6S/c1-4-5-13(16)18(15(20)21)14(10(2)19)17-25(22,23)12-8-6-11(24-3)7-9-12/h6-10,13-14,17,19H,4-5,16H2,1-3H3,(H,20,21). The van der Waals surface area contributed by atoms with Gasteiger partial charge < -0.3 is 20.7 Å². The van der Waals surface area contributed by atoms with Gasteiger partial charge in [-0.15, -0.1) is 0 Å². The molecule has 0 radical (unpaired) electrons. The number of rotatable bonds is 9. The molecule has 1 aromatic rings. The van der Waals surface area contributed by atoms with Gasteiger partial charge in [-0.05, 0) is 37.6 Å². The molecule has 5 N–H and O–H groups in total. The third kappa shape index (κ3) is 5.56. The molecule has 0 bridgehead atoms. The summed E-state index contributed by atoms with van der Waals surface area (Å²) < 4.78 is 32.2. The number of ether oxygens (including phenoxy) is 1. The minimum absolute atomic E-state index is 0.0895. The van der Waals surface area contributed by atoms with Crippen LogP contribution in [0.3, 0.4) is 0 Å². The average molecular weight is 375 g/mol. The molecule has 0 aromatic heterocycles. The molecule has 0 aliphatic rings. The molecular formula is C15H25N3O6S. The van der Waals surface area contributed by atoms with Gasteiger partial charge in [0.2, 0.25) is 10.0 Å². The first-order valence-electron chi connectivity index (χ1n) is 7.75. The van der Waals surface area contributed by atoms with Crippen LogP contribution in [0.2, 0.25) is 0 Å². The van der Waals surface area contributed by atoms with Gasteiger partial charge in [0.1, 0.15) is 11.9 Å². The van der Waals surface area contributed by atoms with Crippen LogP contribution in [0.4, 0.5) is 4.79 Å². The molecule has 10 heteroatoms. The zero-order valence-corrected chi connectivity index (χ0v) is 15.2. The molecular weight excluding hydrogens is 350 g/mol.